The van der Waals surface area contributed by atoms with Gasteiger partial charge in [0.25, 0.3) is 0 Å². The first-order valence-electron chi connectivity index (χ1n) is 5.46. The molecule has 2 rings (SSSR count). The highest BCUT2D eigenvalue weighted by Gasteiger charge is 2.11. The molecule has 94 valence electrons. The van der Waals surface area contributed by atoms with Crippen LogP contribution in [-0.2, 0) is 4.74 Å². The summed E-state index contributed by atoms with van der Waals surface area (Å²) in [5.74, 6) is 0.709. The monoisotopic (exact) mass is 302 g/mol. The highest BCUT2D eigenvalue weighted by Crippen LogP contribution is 2.21. The molecule has 1 aliphatic heterocycles. The van der Waals surface area contributed by atoms with Crippen LogP contribution in [0.2, 0.25) is 0 Å². The normalized spacial score (nSPS) is 17.0. The topological polar surface area (TPSA) is 73.5 Å². The minimum absolute atomic E-state index is 0.217. The van der Waals surface area contributed by atoms with E-state index in [0.717, 1.165) is 32.8 Å². The van der Waals surface area contributed by atoms with E-state index in [9.17, 15) is 0 Å². The van der Waals surface area contributed by atoms with Crippen LogP contribution in [0.4, 0.5) is 5.95 Å². The highest BCUT2D eigenvalue weighted by atomic mass is 79.9. The Hall–Kier alpha value is -0.920. The van der Waals surface area contributed by atoms with Gasteiger partial charge in [-0.3, -0.25) is 4.90 Å². The Labute approximate surface area is 108 Å². The Balaban J connectivity index is 1.79. The van der Waals surface area contributed by atoms with E-state index in [-0.39, 0.29) is 5.95 Å². The molecule has 0 amide bonds. The maximum atomic E-state index is 5.56. The van der Waals surface area contributed by atoms with Crippen molar-refractivity contribution in [3.8, 4) is 5.88 Å². The molecule has 0 spiro atoms. The Bertz CT molecular complexity index is 371. The second-order valence-electron chi connectivity index (χ2n) is 3.68. The molecule has 0 unspecified atom stereocenters. The number of morpholine rings is 1. The number of nitrogens with zero attached hydrogens (tertiary/aromatic N) is 3. The smallest absolute Gasteiger partial charge is 0.232 e. The van der Waals surface area contributed by atoms with Crippen molar-refractivity contribution < 1.29 is 9.47 Å². The number of rotatable bonds is 4. The number of anilines is 1. The van der Waals surface area contributed by atoms with Crippen LogP contribution in [-0.4, -0.2) is 54.3 Å². The Morgan fingerprint density at radius 3 is 3.00 bits per heavy atom. The third-order valence-electron chi connectivity index (χ3n) is 2.48. The van der Waals surface area contributed by atoms with Crippen molar-refractivity contribution in [2.75, 3.05) is 45.2 Å². The minimum atomic E-state index is 0.217. The molecule has 1 aromatic rings. The SMILES string of the molecule is Nc1ncc(Br)c(OCCN2CCOCC2)n1. The summed E-state index contributed by atoms with van der Waals surface area (Å²) in [5, 5.41) is 0. The van der Waals surface area contributed by atoms with E-state index >= 15 is 0 Å². The average molecular weight is 303 g/mol. The van der Waals surface area contributed by atoms with Crippen molar-refractivity contribution in [1.82, 2.24) is 14.9 Å². The lowest BCUT2D eigenvalue weighted by atomic mass is 10.4. The summed E-state index contributed by atoms with van der Waals surface area (Å²) in [6.07, 6.45) is 1.59. The molecule has 6 nitrogen and oxygen atoms in total. The Kier molecular flexibility index (Phi) is 4.52. The van der Waals surface area contributed by atoms with E-state index in [2.05, 4.69) is 30.8 Å². The molecule has 0 radical (unpaired) electrons. The lowest BCUT2D eigenvalue weighted by Crippen LogP contribution is -2.38. The lowest BCUT2D eigenvalue weighted by Gasteiger charge is -2.26. The van der Waals surface area contributed by atoms with Gasteiger partial charge in [0, 0.05) is 19.6 Å². The third kappa shape index (κ3) is 3.79. The van der Waals surface area contributed by atoms with Crippen molar-refractivity contribution in [1.29, 1.82) is 0 Å². The van der Waals surface area contributed by atoms with E-state index < -0.39 is 0 Å². The molecule has 7 heteroatoms. The fourth-order valence-corrected chi connectivity index (χ4v) is 1.87. The van der Waals surface area contributed by atoms with Crippen LogP contribution in [0.1, 0.15) is 0 Å². The Morgan fingerprint density at radius 1 is 1.47 bits per heavy atom. The molecule has 0 atom stereocenters. The maximum Gasteiger partial charge on any atom is 0.232 e. The van der Waals surface area contributed by atoms with E-state index in [4.69, 9.17) is 15.2 Å². The van der Waals surface area contributed by atoms with Crippen LogP contribution in [0.25, 0.3) is 0 Å². The van der Waals surface area contributed by atoms with Crippen molar-refractivity contribution in [2.45, 2.75) is 0 Å². The number of nitrogen functional groups attached to an aromatic ring is 1. The minimum Gasteiger partial charge on any atom is -0.475 e. The number of hydrogen-bond acceptors (Lipinski definition) is 6. The number of halogens is 1. The van der Waals surface area contributed by atoms with Gasteiger partial charge in [0.2, 0.25) is 11.8 Å². The fourth-order valence-electron chi connectivity index (χ4n) is 1.56. The zero-order valence-corrected chi connectivity index (χ0v) is 11.0. The number of aromatic nitrogens is 2. The van der Waals surface area contributed by atoms with Crippen molar-refractivity contribution in [2.24, 2.45) is 0 Å². The average Bonchev–Trinajstić information content (AvgIpc) is 2.35. The summed E-state index contributed by atoms with van der Waals surface area (Å²) >= 11 is 3.32. The van der Waals surface area contributed by atoms with Crippen LogP contribution >= 0.6 is 15.9 Å². The first kappa shape index (κ1) is 12.5. The van der Waals surface area contributed by atoms with E-state index in [0.29, 0.717) is 17.0 Å². The molecule has 1 aliphatic rings. The quantitative estimate of drug-likeness (QED) is 0.875. The summed E-state index contributed by atoms with van der Waals surface area (Å²) in [4.78, 5) is 10.2. The molecular weight excluding hydrogens is 288 g/mol. The second kappa shape index (κ2) is 6.13. The first-order chi connectivity index (χ1) is 8.25. The predicted octanol–water partition coefficient (Wildman–Crippen LogP) is 0.532. The van der Waals surface area contributed by atoms with Crippen LogP contribution in [0.3, 0.4) is 0 Å². The Morgan fingerprint density at radius 2 is 2.24 bits per heavy atom. The van der Waals surface area contributed by atoms with Crippen LogP contribution in [0.5, 0.6) is 5.88 Å². The number of nitrogens with two attached hydrogens (primary N) is 1. The molecule has 17 heavy (non-hydrogen) atoms. The van der Waals surface area contributed by atoms with Gasteiger partial charge in [-0.05, 0) is 15.9 Å². The standard InChI is InChI=1S/C10H15BrN4O2/c11-8-7-13-10(12)14-9(8)17-6-3-15-1-4-16-5-2-15/h7H,1-6H2,(H2,12,13,14). The molecule has 0 aromatic carbocycles. The lowest BCUT2D eigenvalue weighted by molar-refractivity contribution is 0.0319. The molecule has 0 aliphatic carbocycles. The summed E-state index contributed by atoms with van der Waals surface area (Å²) in [6, 6.07) is 0. The molecule has 1 aromatic heterocycles. The van der Waals surface area contributed by atoms with Crippen LogP contribution in [0.15, 0.2) is 10.7 Å². The van der Waals surface area contributed by atoms with Gasteiger partial charge in [0.15, 0.2) is 0 Å². The van der Waals surface area contributed by atoms with Gasteiger partial charge >= 0.3 is 0 Å². The fraction of sp³-hybridized carbons (Fsp3) is 0.600. The summed E-state index contributed by atoms with van der Waals surface area (Å²) < 4.78 is 11.5. The first-order valence-corrected chi connectivity index (χ1v) is 6.26. The van der Waals surface area contributed by atoms with Gasteiger partial charge < -0.3 is 15.2 Å². The zero-order valence-electron chi connectivity index (χ0n) is 9.43. The molecule has 2 N–H and O–H groups in total. The van der Waals surface area contributed by atoms with Gasteiger partial charge in [0.1, 0.15) is 6.61 Å². The van der Waals surface area contributed by atoms with Gasteiger partial charge in [-0.1, -0.05) is 0 Å². The van der Waals surface area contributed by atoms with Gasteiger partial charge in [-0.15, -0.1) is 0 Å². The predicted molar refractivity (Wildman–Crippen MR) is 66.9 cm³/mol. The molecule has 0 saturated carbocycles. The van der Waals surface area contributed by atoms with Crippen LogP contribution in [0, 0.1) is 0 Å². The van der Waals surface area contributed by atoms with Crippen molar-refractivity contribution in [3.05, 3.63) is 10.7 Å². The maximum absolute atomic E-state index is 5.56. The largest absolute Gasteiger partial charge is 0.475 e. The molecular formula is C10H15BrN4O2. The molecule has 0 bridgehead atoms. The zero-order chi connectivity index (χ0) is 12.1. The van der Waals surface area contributed by atoms with E-state index in [1.165, 1.54) is 0 Å². The third-order valence-corrected chi connectivity index (χ3v) is 3.02. The van der Waals surface area contributed by atoms with Gasteiger partial charge in [0.05, 0.1) is 23.9 Å². The molecule has 2 heterocycles. The molecule has 1 saturated heterocycles. The van der Waals surface area contributed by atoms with Crippen LogP contribution < -0.4 is 10.5 Å². The summed E-state index contributed by atoms with van der Waals surface area (Å²) in [6.45, 7) is 4.94. The second-order valence-corrected chi connectivity index (χ2v) is 4.54. The van der Waals surface area contributed by atoms with Gasteiger partial charge in [-0.2, -0.15) is 4.98 Å². The molecule has 1 fully saturated rings. The summed E-state index contributed by atoms with van der Waals surface area (Å²) in [5.41, 5.74) is 5.49. The summed E-state index contributed by atoms with van der Waals surface area (Å²) in [7, 11) is 0. The highest BCUT2D eigenvalue weighted by molar-refractivity contribution is 9.10. The van der Waals surface area contributed by atoms with E-state index in [1.54, 1.807) is 6.20 Å². The van der Waals surface area contributed by atoms with Crippen molar-refractivity contribution in [3.63, 3.8) is 0 Å². The number of ether oxygens (including phenoxy) is 2. The van der Waals surface area contributed by atoms with Gasteiger partial charge in [-0.25, -0.2) is 4.98 Å². The number of hydrogen-bond donors (Lipinski definition) is 1. The van der Waals surface area contributed by atoms with Crippen molar-refractivity contribution >= 4 is 21.9 Å². The van der Waals surface area contributed by atoms with E-state index in [1.807, 2.05) is 0 Å².